The molecule has 3 N–H and O–H groups in total. The van der Waals surface area contributed by atoms with Gasteiger partial charge < -0.3 is 20.4 Å². The van der Waals surface area contributed by atoms with Gasteiger partial charge in [-0.15, -0.1) is 0 Å². The molecule has 2 aromatic rings. The van der Waals surface area contributed by atoms with Crippen LogP contribution in [0.4, 0.5) is 5.69 Å². The smallest absolute Gasteiger partial charge is 0.322 e. The van der Waals surface area contributed by atoms with Crippen molar-refractivity contribution in [2.75, 3.05) is 25.5 Å². The quantitative estimate of drug-likeness (QED) is 0.657. The maximum absolute atomic E-state index is 12.9. The number of nitrogens with zero attached hydrogens (tertiary/aromatic N) is 1. The second kappa shape index (κ2) is 7.67. The van der Waals surface area contributed by atoms with E-state index in [1.165, 1.54) is 0 Å². The fourth-order valence-corrected chi connectivity index (χ4v) is 3.55. The molecule has 1 aliphatic rings. The van der Waals surface area contributed by atoms with Crippen molar-refractivity contribution in [2.24, 2.45) is 0 Å². The van der Waals surface area contributed by atoms with E-state index in [2.05, 4.69) is 5.32 Å². The molecule has 0 heterocycles. The number of Topliss-reactive ketones (excluding diaryl/α,β-unsaturated/α-hetero) is 1. The first-order chi connectivity index (χ1) is 14.0. The predicted octanol–water partition coefficient (Wildman–Crippen LogP) is 2.75. The Balaban J connectivity index is 2.09. The van der Waals surface area contributed by atoms with Gasteiger partial charge in [-0.3, -0.25) is 14.4 Å². The number of carboxylic acids is 1. The number of aliphatic hydroxyl groups excluding tert-OH is 1. The van der Waals surface area contributed by atoms with Crippen LogP contribution in [0, 0.1) is 0 Å². The van der Waals surface area contributed by atoms with Crippen LogP contribution in [0.15, 0.2) is 48.0 Å². The summed E-state index contributed by atoms with van der Waals surface area (Å²) in [4.78, 5) is 38.1. The normalized spacial score (nSPS) is 14.9. The van der Waals surface area contributed by atoms with Gasteiger partial charge in [0.05, 0.1) is 5.41 Å². The largest absolute Gasteiger partial charge is 0.506 e. The minimum absolute atomic E-state index is 0.384. The lowest BCUT2D eigenvalue weighted by Gasteiger charge is -2.32. The highest BCUT2D eigenvalue weighted by Gasteiger charge is 2.43. The molecule has 0 radical (unpaired) electrons. The molecule has 0 fully saturated rings. The van der Waals surface area contributed by atoms with Crippen LogP contribution < -0.4 is 10.2 Å². The molecule has 7 nitrogen and oxygen atoms in total. The Labute approximate surface area is 174 Å². The van der Waals surface area contributed by atoms with Crippen molar-refractivity contribution in [3.05, 3.63) is 59.2 Å². The summed E-state index contributed by atoms with van der Waals surface area (Å²) in [7, 11) is 3.90. The van der Waals surface area contributed by atoms with Crippen molar-refractivity contribution < 1.29 is 24.6 Å². The predicted molar refractivity (Wildman–Crippen MR) is 114 cm³/mol. The average molecular weight is 408 g/mol. The molecule has 0 unspecified atom stereocenters. The van der Waals surface area contributed by atoms with Crippen LogP contribution in [0.3, 0.4) is 0 Å². The Morgan fingerprint density at radius 1 is 1.03 bits per heavy atom. The van der Waals surface area contributed by atoms with Gasteiger partial charge in [-0.05, 0) is 48.7 Å². The highest BCUT2D eigenvalue weighted by Crippen LogP contribution is 2.41. The van der Waals surface area contributed by atoms with Crippen LogP contribution >= 0.6 is 0 Å². The fourth-order valence-electron chi connectivity index (χ4n) is 3.55. The lowest BCUT2D eigenvalue weighted by atomic mass is 9.70. The number of benzene rings is 2. The molecular weight excluding hydrogens is 384 g/mol. The number of carbonyl (C=O) groups is 3. The van der Waals surface area contributed by atoms with E-state index >= 15 is 0 Å². The molecule has 0 bridgehead atoms. The molecule has 0 saturated heterocycles. The number of aliphatic carboxylic acids is 1. The highest BCUT2D eigenvalue weighted by molar-refractivity contribution is 6.28. The maximum Gasteiger partial charge on any atom is 0.322 e. The number of anilines is 1. The van der Waals surface area contributed by atoms with E-state index in [0.29, 0.717) is 11.1 Å². The molecule has 0 saturated carbocycles. The third-order valence-electron chi connectivity index (χ3n) is 5.32. The number of ketones is 1. The van der Waals surface area contributed by atoms with E-state index in [1.807, 2.05) is 49.3 Å². The molecule has 1 aliphatic carbocycles. The summed E-state index contributed by atoms with van der Waals surface area (Å²) in [5.41, 5.74) is 2.30. The number of hydrogen-bond acceptors (Lipinski definition) is 5. The van der Waals surface area contributed by atoms with Gasteiger partial charge in [0.25, 0.3) is 5.91 Å². The summed E-state index contributed by atoms with van der Waals surface area (Å²) in [5.74, 6) is -3.14. The second-order valence-electron chi connectivity index (χ2n) is 7.96. The van der Waals surface area contributed by atoms with Crippen LogP contribution in [-0.2, 0) is 19.8 Å². The second-order valence-corrected chi connectivity index (χ2v) is 7.96. The molecule has 7 heteroatoms. The van der Waals surface area contributed by atoms with E-state index in [9.17, 15) is 19.5 Å². The minimum Gasteiger partial charge on any atom is -0.506 e. The van der Waals surface area contributed by atoms with E-state index in [4.69, 9.17) is 5.11 Å². The van der Waals surface area contributed by atoms with Crippen molar-refractivity contribution in [2.45, 2.75) is 19.3 Å². The number of hydrogen-bond donors (Lipinski definition) is 3. The van der Waals surface area contributed by atoms with Gasteiger partial charge in [0.15, 0.2) is 5.78 Å². The molecule has 1 amide bonds. The lowest BCUT2D eigenvalue weighted by Crippen LogP contribution is -2.42. The number of amides is 1. The van der Waals surface area contributed by atoms with Crippen LogP contribution in [0.1, 0.15) is 25.0 Å². The monoisotopic (exact) mass is 408 g/mol. The van der Waals surface area contributed by atoms with Gasteiger partial charge in [-0.1, -0.05) is 24.3 Å². The third-order valence-corrected chi connectivity index (χ3v) is 5.32. The van der Waals surface area contributed by atoms with Gasteiger partial charge in [-0.25, -0.2) is 0 Å². The maximum atomic E-state index is 12.9. The molecule has 2 aromatic carbocycles. The van der Waals surface area contributed by atoms with Crippen molar-refractivity contribution in [3.8, 4) is 11.1 Å². The number of aliphatic hydroxyl groups is 1. The SMILES string of the molecule is CN(C)c1ccc(-c2ccc3c(c2)C(O)=C(C(=O)NCC(=O)O)C(=O)C3(C)C)cc1. The highest BCUT2D eigenvalue weighted by atomic mass is 16.4. The molecule has 0 aliphatic heterocycles. The Hall–Kier alpha value is -3.61. The van der Waals surface area contributed by atoms with Crippen LogP contribution in [-0.4, -0.2) is 48.5 Å². The minimum atomic E-state index is -1.24. The number of carbonyl (C=O) groups excluding carboxylic acids is 2. The van der Waals surface area contributed by atoms with Crippen LogP contribution in [0.5, 0.6) is 0 Å². The summed E-state index contributed by atoms with van der Waals surface area (Å²) in [6, 6.07) is 13.3. The zero-order valence-electron chi connectivity index (χ0n) is 17.3. The number of rotatable bonds is 5. The molecule has 30 heavy (non-hydrogen) atoms. The van der Waals surface area contributed by atoms with E-state index in [-0.39, 0.29) is 0 Å². The summed E-state index contributed by atoms with van der Waals surface area (Å²) in [6.07, 6.45) is 0. The van der Waals surface area contributed by atoms with Crippen LogP contribution in [0.25, 0.3) is 16.9 Å². The first-order valence-electron chi connectivity index (χ1n) is 9.44. The number of carboxylic acid groups (broad SMARTS) is 1. The molecular formula is C23H24N2O5. The molecule has 0 atom stereocenters. The van der Waals surface area contributed by atoms with Gasteiger partial charge in [-0.2, -0.15) is 0 Å². The average Bonchev–Trinajstić information content (AvgIpc) is 2.71. The standard InChI is InChI=1S/C23H24N2O5/c1-23(2)17-10-7-14(13-5-8-15(9-6-13)25(3)4)11-16(17)20(28)19(21(23)29)22(30)24-12-18(26)27/h5-11,28H,12H2,1-4H3,(H,24,30)(H,26,27). The first-order valence-corrected chi connectivity index (χ1v) is 9.44. The third kappa shape index (κ3) is 3.66. The molecule has 156 valence electrons. The Bertz CT molecular complexity index is 1070. The molecule has 0 aromatic heterocycles. The fraction of sp³-hybridized carbons (Fsp3) is 0.261. The number of fused-ring (bicyclic) bond motifs is 1. The summed E-state index contributed by atoms with van der Waals surface area (Å²) in [5, 5.41) is 21.7. The van der Waals surface area contributed by atoms with Gasteiger partial charge in [0.2, 0.25) is 0 Å². The zero-order valence-corrected chi connectivity index (χ0v) is 17.3. The van der Waals surface area contributed by atoms with Crippen molar-refractivity contribution in [3.63, 3.8) is 0 Å². The van der Waals surface area contributed by atoms with E-state index < -0.39 is 41.0 Å². The van der Waals surface area contributed by atoms with Crippen LogP contribution in [0.2, 0.25) is 0 Å². The van der Waals surface area contributed by atoms with Crippen molar-refractivity contribution in [1.29, 1.82) is 0 Å². The lowest BCUT2D eigenvalue weighted by molar-refractivity contribution is -0.138. The molecule has 3 rings (SSSR count). The first kappa shape index (κ1) is 21.1. The van der Waals surface area contributed by atoms with Gasteiger partial charge >= 0.3 is 5.97 Å². The topological polar surface area (TPSA) is 107 Å². The molecule has 0 spiro atoms. The Morgan fingerprint density at radius 3 is 2.20 bits per heavy atom. The van der Waals surface area contributed by atoms with Gasteiger partial charge in [0, 0.05) is 25.3 Å². The summed E-state index contributed by atoms with van der Waals surface area (Å²) >= 11 is 0. The Kier molecular flexibility index (Phi) is 5.39. The van der Waals surface area contributed by atoms with Crippen molar-refractivity contribution >= 4 is 29.1 Å². The van der Waals surface area contributed by atoms with Crippen molar-refractivity contribution in [1.82, 2.24) is 5.32 Å². The Morgan fingerprint density at radius 2 is 1.63 bits per heavy atom. The summed E-state index contributed by atoms with van der Waals surface area (Å²) in [6.45, 7) is 2.71. The van der Waals surface area contributed by atoms with E-state index in [1.54, 1.807) is 26.0 Å². The van der Waals surface area contributed by atoms with E-state index in [0.717, 1.165) is 16.8 Å². The summed E-state index contributed by atoms with van der Waals surface area (Å²) < 4.78 is 0. The number of nitrogens with one attached hydrogen (secondary N) is 1. The van der Waals surface area contributed by atoms with Gasteiger partial charge in [0.1, 0.15) is 17.9 Å². The zero-order chi connectivity index (χ0) is 22.2.